The molecule has 0 bridgehead atoms. The van der Waals surface area contributed by atoms with Gasteiger partial charge in [0.15, 0.2) is 0 Å². The standard InChI is InChI=1S/C13H19ClN2O/c1-8(2)9(3)16(4)13(17)11-6-5-10(14)7-12(11)15/h5-9H,15H2,1-4H3. The molecular formula is C13H19ClN2O. The number of nitrogen functional groups attached to an aromatic ring is 1. The largest absolute Gasteiger partial charge is 0.398 e. The minimum atomic E-state index is -0.0691. The topological polar surface area (TPSA) is 46.3 Å². The maximum absolute atomic E-state index is 12.2. The third-order valence-corrected chi connectivity index (χ3v) is 3.38. The van der Waals surface area contributed by atoms with E-state index in [0.29, 0.717) is 22.2 Å². The molecule has 0 saturated heterocycles. The molecule has 0 radical (unpaired) electrons. The quantitative estimate of drug-likeness (QED) is 0.843. The lowest BCUT2D eigenvalue weighted by Crippen LogP contribution is -2.38. The van der Waals surface area contributed by atoms with E-state index in [2.05, 4.69) is 13.8 Å². The Morgan fingerprint density at radius 1 is 1.35 bits per heavy atom. The zero-order chi connectivity index (χ0) is 13.2. The highest BCUT2D eigenvalue weighted by molar-refractivity contribution is 6.31. The Hall–Kier alpha value is -1.22. The van der Waals surface area contributed by atoms with Crippen LogP contribution in [0.2, 0.25) is 5.02 Å². The highest BCUT2D eigenvalue weighted by atomic mass is 35.5. The first-order valence-electron chi connectivity index (χ1n) is 5.66. The van der Waals surface area contributed by atoms with E-state index in [-0.39, 0.29) is 11.9 Å². The summed E-state index contributed by atoms with van der Waals surface area (Å²) in [6.45, 7) is 6.19. The van der Waals surface area contributed by atoms with Gasteiger partial charge in [-0.05, 0) is 31.0 Å². The number of nitrogens with two attached hydrogens (primary N) is 1. The minimum Gasteiger partial charge on any atom is -0.398 e. The van der Waals surface area contributed by atoms with Gasteiger partial charge in [0.1, 0.15) is 0 Å². The van der Waals surface area contributed by atoms with Crippen LogP contribution < -0.4 is 5.73 Å². The molecule has 0 spiro atoms. The smallest absolute Gasteiger partial charge is 0.255 e. The molecule has 1 aromatic carbocycles. The Kier molecular flexibility index (Phi) is 4.40. The second kappa shape index (κ2) is 5.41. The van der Waals surface area contributed by atoms with Crippen LogP contribution in [0.1, 0.15) is 31.1 Å². The molecule has 4 heteroatoms. The number of hydrogen-bond donors (Lipinski definition) is 1. The molecule has 0 heterocycles. The van der Waals surface area contributed by atoms with Gasteiger partial charge in [-0.1, -0.05) is 25.4 Å². The minimum absolute atomic E-state index is 0.0691. The summed E-state index contributed by atoms with van der Waals surface area (Å²) in [5, 5.41) is 0.540. The first-order chi connectivity index (χ1) is 7.84. The van der Waals surface area contributed by atoms with E-state index >= 15 is 0 Å². The average molecular weight is 255 g/mol. The summed E-state index contributed by atoms with van der Waals surface area (Å²) < 4.78 is 0. The van der Waals surface area contributed by atoms with Gasteiger partial charge in [0, 0.05) is 23.8 Å². The van der Waals surface area contributed by atoms with E-state index in [9.17, 15) is 4.79 Å². The van der Waals surface area contributed by atoms with Crippen molar-refractivity contribution in [2.75, 3.05) is 12.8 Å². The number of carbonyl (C=O) groups excluding carboxylic acids is 1. The Bertz CT molecular complexity index is 418. The van der Waals surface area contributed by atoms with Crippen molar-refractivity contribution in [3.8, 4) is 0 Å². The fourth-order valence-corrected chi connectivity index (χ4v) is 1.73. The number of rotatable bonds is 3. The summed E-state index contributed by atoms with van der Waals surface area (Å²) >= 11 is 5.81. The number of benzene rings is 1. The second-order valence-electron chi connectivity index (χ2n) is 4.63. The predicted molar refractivity (Wildman–Crippen MR) is 72.3 cm³/mol. The molecule has 1 unspecified atom stereocenters. The van der Waals surface area contributed by atoms with Crippen molar-refractivity contribution in [2.45, 2.75) is 26.8 Å². The maximum Gasteiger partial charge on any atom is 0.255 e. The van der Waals surface area contributed by atoms with E-state index in [4.69, 9.17) is 17.3 Å². The van der Waals surface area contributed by atoms with Gasteiger partial charge in [-0.25, -0.2) is 0 Å². The van der Waals surface area contributed by atoms with E-state index in [1.165, 1.54) is 0 Å². The number of halogens is 1. The van der Waals surface area contributed by atoms with Gasteiger partial charge in [-0.2, -0.15) is 0 Å². The Morgan fingerprint density at radius 3 is 2.41 bits per heavy atom. The molecule has 3 nitrogen and oxygen atoms in total. The molecule has 1 atom stereocenters. The van der Waals surface area contributed by atoms with Gasteiger partial charge in [0.2, 0.25) is 0 Å². The van der Waals surface area contributed by atoms with Gasteiger partial charge in [-0.3, -0.25) is 4.79 Å². The average Bonchev–Trinajstić information content (AvgIpc) is 2.26. The lowest BCUT2D eigenvalue weighted by Gasteiger charge is -2.28. The number of amides is 1. The molecular weight excluding hydrogens is 236 g/mol. The zero-order valence-corrected chi connectivity index (χ0v) is 11.5. The van der Waals surface area contributed by atoms with Crippen LogP contribution in [-0.2, 0) is 0 Å². The van der Waals surface area contributed by atoms with Crippen LogP contribution in [0.25, 0.3) is 0 Å². The first-order valence-corrected chi connectivity index (χ1v) is 6.04. The molecule has 0 fully saturated rings. The lowest BCUT2D eigenvalue weighted by molar-refractivity contribution is 0.0708. The van der Waals surface area contributed by atoms with Crippen molar-refractivity contribution in [3.05, 3.63) is 28.8 Å². The van der Waals surface area contributed by atoms with Crippen molar-refractivity contribution >= 4 is 23.2 Å². The van der Waals surface area contributed by atoms with E-state index in [0.717, 1.165) is 0 Å². The molecule has 0 aromatic heterocycles. The van der Waals surface area contributed by atoms with Gasteiger partial charge < -0.3 is 10.6 Å². The summed E-state index contributed by atoms with van der Waals surface area (Å²) in [5.74, 6) is 0.331. The molecule has 0 saturated carbocycles. The van der Waals surface area contributed by atoms with Gasteiger partial charge in [-0.15, -0.1) is 0 Å². The van der Waals surface area contributed by atoms with Gasteiger partial charge in [0.25, 0.3) is 5.91 Å². The summed E-state index contributed by atoms with van der Waals surface area (Å²) in [4.78, 5) is 13.9. The molecule has 0 aliphatic carbocycles. The SMILES string of the molecule is CC(C)C(C)N(C)C(=O)c1ccc(Cl)cc1N. The molecule has 1 amide bonds. The van der Waals surface area contributed by atoms with Gasteiger partial charge >= 0.3 is 0 Å². The van der Waals surface area contributed by atoms with E-state index in [1.54, 1.807) is 30.1 Å². The number of nitrogens with zero attached hydrogens (tertiary/aromatic N) is 1. The van der Waals surface area contributed by atoms with Crippen molar-refractivity contribution in [2.24, 2.45) is 5.92 Å². The predicted octanol–water partition coefficient (Wildman–Crippen LogP) is 3.04. The maximum atomic E-state index is 12.2. The monoisotopic (exact) mass is 254 g/mol. The molecule has 2 N–H and O–H groups in total. The molecule has 1 aromatic rings. The highest BCUT2D eigenvalue weighted by Gasteiger charge is 2.21. The summed E-state index contributed by atoms with van der Waals surface area (Å²) in [6, 6.07) is 5.11. The van der Waals surface area contributed by atoms with E-state index < -0.39 is 0 Å². The Balaban J connectivity index is 2.96. The zero-order valence-electron chi connectivity index (χ0n) is 10.7. The van der Waals surface area contributed by atoms with Crippen LogP contribution in [0.15, 0.2) is 18.2 Å². The number of carbonyl (C=O) groups is 1. The molecule has 1 rings (SSSR count). The van der Waals surface area contributed by atoms with Crippen molar-refractivity contribution in [3.63, 3.8) is 0 Å². The van der Waals surface area contributed by atoms with Crippen LogP contribution in [0.5, 0.6) is 0 Å². The number of hydrogen-bond acceptors (Lipinski definition) is 2. The fraction of sp³-hybridized carbons (Fsp3) is 0.462. The van der Waals surface area contributed by atoms with Crippen molar-refractivity contribution in [1.29, 1.82) is 0 Å². The molecule has 94 valence electrons. The van der Waals surface area contributed by atoms with Crippen molar-refractivity contribution in [1.82, 2.24) is 4.90 Å². The molecule has 17 heavy (non-hydrogen) atoms. The summed E-state index contributed by atoms with van der Waals surface area (Å²) in [6.07, 6.45) is 0. The van der Waals surface area contributed by atoms with Crippen LogP contribution in [0, 0.1) is 5.92 Å². The van der Waals surface area contributed by atoms with Crippen LogP contribution >= 0.6 is 11.6 Å². The highest BCUT2D eigenvalue weighted by Crippen LogP contribution is 2.21. The Morgan fingerprint density at radius 2 is 1.94 bits per heavy atom. The first kappa shape index (κ1) is 13.8. The third kappa shape index (κ3) is 3.13. The third-order valence-electron chi connectivity index (χ3n) is 3.14. The van der Waals surface area contributed by atoms with Gasteiger partial charge in [0.05, 0.1) is 5.56 Å². The molecule has 0 aliphatic heterocycles. The lowest BCUT2D eigenvalue weighted by atomic mass is 10.0. The van der Waals surface area contributed by atoms with Crippen LogP contribution in [0.3, 0.4) is 0 Å². The second-order valence-corrected chi connectivity index (χ2v) is 5.07. The summed E-state index contributed by atoms with van der Waals surface area (Å²) in [5.41, 5.74) is 6.73. The van der Waals surface area contributed by atoms with Crippen LogP contribution in [-0.4, -0.2) is 23.9 Å². The number of anilines is 1. The van der Waals surface area contributed by atoms with Crippen molar-refractivity contribution < 1.29 is 4.79 Å². The fourth-order valence-electron chi connectivity index (χ4n) is 1.55. The summed E-state index contributed by atoms with van der Waals surface area (Å²) in [7, 11) is 1.79. The van der Waals surface area contributed by atoms with Crippen LogP contribution in [0.4, 0.5) is 5.69 Å². The Labute approximate surface area is 108 Å². The van der Waals surface area contributed by atoms with E-state index in [1.807, 2.05) is 6.92 Å². The molecule has 0 aliphatic rings. The normalized spacial score (nSPS) is 12.6.